The Balaban J connectivity index is 1.52. The summed E-state index contributed by atoms with van der Waals surface area (Å²) >= 11 is 0. The second-order valence-corrected chi connectivity index (χ2v) is 6.06. The number of methoxy groups -OCH3 is 1. The van der Waals surface area contributed by atoms with Crippen LogP contribution in [-0.4, -0.2) is 26.9 Å². The molecule has 0 unspecified atom stereocenters. The second-order valence-electron chi connectivity index (χ2n) is 6.06. The van der Waals surface area contributed by atoms with Crippen molar-refractivity contribution in [3.63, 3.8) is 0 Å². The fourth-order valence-electron chi connectivity index (χ4n) is 3.05. The van der Waals surface area contributed by atoms with Crippen LogP contribution in [0.2, 0.25) is 0 Å². The molecule has 3 heterocycles. The van der Waals surface area contributed by atoms with Gasteiger partial charge in [-0.2, -0.15) is 5.10 Å². The van der Waals surface area contributed by atoms with Crippen molar-refractivity contribution in [2.75, 3.05) is 12.0 Å². The molecule has 2 aromatic heterocycles. The summed E-state index contributed by atoms with van der Waals surface area (Å²) in [7, 11) is 1.65. The molecule has 0 fully saturated rings. The number of hydrogen-bond donors (Lipinski definition) is 0. The third-order valence-corrected chi connectivity index (χ3v) is 4.31. The highest BCUT2D eigenvalue weighted by Crippen LogP contribution is 2.27. The Kier molecular flexibility index (Phi) is 4.15. The van der Waals surface area contributed by atoms with Crippen LogP contribution in [0.5, 0.6) is 0 Å². The Labute approximate surface area is 144 Å². The fraction of sp³-hybridized carbons (Fsp3) is 0.278. The lowest BCUT2D eigenvalue weighted by molar-refractivity contribution is 0.181. The van der Waals surface area contributed by atoms with E-state index in [9.17, 15) is 4.39 Å². The number of nitrogens with zero attached hydrogens (tertiary/aromatic N) is 5. The van der Waals surface area contributed by atoms with Crippen molar-refractivity contribution in [3.8, 4) is 0 Å². The summed E-state index contributed by atoms with van der Waals surface area (Å²) in [6.45, 7) is 2.60. The van der Waals surface area contributed by atoms with Gasteiger partial charge in [0.2, 0.25) is 0 Å². The van der Waals surface area contributed by atoms with Crippen molar-refractivity contribution in [1.29, 1.82) is 0 Å². The standard InChI is InChI=1S/C18H18FN5O/c1-25-11-16-6-18(21-12-20-16)23-9-14-7-22-24(17(14)10-23)8-13-2-4-15(19)5-3-13/h2-7,12H,8-11H2,1H3. The van der Waals surface area contributed by atoms with Gasteiger partial charge >= 0.3 is 0 Å². The van der Waals surface area contributed by atoms with E-state index >= 15 is 0 Å². The predicted molar refractivity (Wildman–Crippen MR) is 90.4 cm³/mol. The summed E-state index contributed by atoms with van der Waals surface area (Å²) < 4.78 is 20.2. The summed E-state index contributed by atoms with van der Waals surface area (Å²) in [6.07, 6.45) is 3.47. The SMILES string of the molecule is COCc1cc(N2Cc3cnn(Cc4ccc(F)cc4)c3C2)ncn1. The predicted octanol–water partition coefficient (Wildman–Crippen LogP) is 2.53. The molecule has 1 aromatic carbocycles. The van der Waals surface area contributed by atoms with Gasteiger partial charge in [-0.15, -0.1) is 0 Å². The Hall–Kier alpha value is -2.80. The normalized spacial score (nSPS) is 13.3. The number of fused-ring (bicyclic) bond motifs is 1. The molecule has 0 bridgehead atoms. The Morgan fingerprint density at radius 1 is 1.16 bits per heavy atom. The molecule has 3 aromatic rings. The van der Waals surface area contributed by atoms with Crippen molar-refractivity contribution in [3.05, 3.63) is 71.2 Å². The van der Waals surface area contributed by atoms with Gasteiger partial charge < -0.3 is 9.64 Å². The molecule has 128 valence electrons. The Bertz CT molecular complexity index is 877. The van der Waals surface area contributed by atoms with E-state index in [2.05, 4.69) is 20.0 Å². The molecule has 0 saturated heterocycles. The van der Waals surface area contributed by atoms with Crippen LogP contribution < -0.4 is 4.90 Å². The molecule has 0 atom stereocenters. The first kappa shape index (κ1) is 15.7. The number of rotatable bonds is 5. The quantitative estimate of drug-likeness (QED) is 0.715. The van der Waals surface area contributed by atoms with E-state index in [1.54, 1.807) is 25.6 Å². The minimum atomic E-state index is -0.226. The monoisotopic (exact) mass is 339 g/mol. The zero-order valence-electron chi connectivity index (χ0n) is 13.9. The van der Waals surface area contributed by atoms with Crippen LogP contribution in [0.4, 0.5) is 10.2 Å². The first-order chi connectivity index (χ1) is 12.2. The van der Waals surface area contributed by atoms with Crippen molar-refractivity contribution in [2.45, 2.75) is 26.2 Å². The van der Waals surface area contributed by atoms with E-state index < -0.39 is 0 Å². The molecular weight excluding hydrogens is 321 g/mol. The molecule has 4 rings (SSSR count). The van der Waals surface area contributed by atoms with Crippen LogP contribution in [0.25, 0.3) is 0 Å². The minimum Gasteiger partial charge on any atom is -0.378 e. The van der Waals surface area contributed by atoms with E-state index in [4.69, 9.17) is 4.74 Å². The van der Waals surface area contributed by atoms with Crippen LogP contribution in [-0.2, 0) is 31.0 Å². The van der Waals surface area contributed by atoms with Crippen LogP contribution in [0.1, 0.15) is 22.5 Å². The highest BCUT2D eigenvalue weighted by Gasteiger charge is 2.24. The summed E-state index contributed by atoms with van der Waals surface area (Å²) in [6, 6.07) is 8.48. The molecule has 0 saturated carbocycles. The molecule has 25 heavy (non-hydrogen) atoms. The number of aromatic nitrogens is 4. The van der Waals surface area contributed by atoms with Gasteiger partial charge in [0.25, 0.3) is 0 Å². The lowest BCUT2D eigenvalue weighted by Gasteiger charge is -2.17. The maximum atomic E-state index is 13.1. The maximum absolute atomic E-state index is 13.1. The smallest absolute Gasteiger partial charge is 0.132 e. The zero-order valence-corrected chi connectivity index (χ0v) is 13.9. The van der Waals surface area contributed by atoms with E-state index in [1.807, 2.05) is 16.9 Å². The zero-order chi connectivity index (χ0) is 17.2. The molecule has 7 heteroatoms. The average molecular weight is 339 g/mol. The van der Waals surface area contributed by atoms with Gasteiger partial charge in [-0.3, -0.25) is 4.68 Å². The van der Waals surface area contributed by atoms with Gasteiger partial charge in [0.1, 0.15) is 18.0 Å². The first-order valence-corrected chi connectivity index (χ1v) is 8.06. The van der Waals surface area contributed by atoms with Crippen molar-refractivity contribution in [1.82, 2.24) is 19.7 Å². The summed E-state index contributed by atoms with van der Waals surface area (Å²) in [4.78, 5) is 10.8. The molecule has 0 spiro atoms. The van der Waals surface area contributed by atoms with Gasteiger partial charge in [0, 0.05) is 25.3 Å². The summed E-state index contributed by atoms with van der Waals surface area (Å²) in [5, 5.41) is 4.47. The molecule has 1 aliphatic rings. The first-order valence-electron chi connectivity index (χ1n) is 8.06. The van der Waals surface area contributed by atoms with Crippen LogP contribution in [0.3, 0.4) is 0 Å². The largest absolute Gasteiger partial charge is 0.378 e. The summed E-state index contributed by atoms with van der Waals surface area (Å²) in [5.74, 6) is 0.655. The van der Waals surface area contributed by atoms with Crippen molar-refractivity contribution >= 4 is 5.82 Å². The molecule has 6 nitrogen and oxygen atoms in total. The van der Waals surface area contributed by atoms with E-state index in [0.717, 1.165) is 35.9 Å². The van der Waals surface area contributed by atoms with E-state index in [1.165, 1.54) is 17.7 Å². The second kappa shape index (κ2) is 6.60. The third-order valence-electron chi connectivity index (χ3n) is 4.31. The number of benzene rings is 1. The number of anilines is 1. The minimum absolute atomic E-state index is 0.226. The van der Waals surface area contributed by atoms with Gasteiger partial charge in [0.15, 0.2) is 0 Å². The van der Waals surface area contributed by atoms with E-state index in [0.29, 0.717) is 13.2 Å². The Morgan fingerprint density at radius 2 is 2.00 bits per heavy atom. The third kappa shape index (κ3) is 3.23. The van der Waals surface area contributed by atoms with Crippen LogP contribution in [0, 0.1) is 5.82 Å². The van der Waals surface area contributed by atoms with Crippen LogP contribution >= 0.6 is 0 Å². The average Bonchev–Trinajstić information content (AvgIpc) is 3.19. The lowest BCUT2D eigenvalue weighted by Crippen LogP contribution is -2.18. The molecule has 0 radical (unpaired) electrons. The molecular formula is C18H18FN5O. The van der Waals surface area contributed by atoms with Gasteiger partial charge in [-0.25, -0.2) is 14.4 Å². The van der Waals surface area contributed by atoms with Crippen LogP contribution in [0.15, 0.2) is 42.9 Å². The van der Waals surface area contributed by atoms with Crippen molar-refractivity contribution in [2.24, 2.45) is 0 Å². The number of halogens is 1. The number of hydrogen-bond acceptors (Lipinski definition) is 5. The number of ether oxygens (including phenoxy) is 1. The molecule has 0 aliphatic carbocycles. The highest BCUT2D eigenvalue weighted by molar-refractivity contribution is 5.45. The van der Waals surface area contributed by atoms with Gasteiger partial charge in [-0.05, 0) is 17.7 Å². The topological polar surface area (TPSA) is 56.1 Å². The molecule has 0 N–H and O–H groups in total. The van der Waals surface area contributed by atoms with Gasteiger partial charge in [-0.1, -0.05) is 12.1 Å². The summed E-state index contributed by atoms with van der Waals surface area (Å²) in [5.41, 5.74) is 4.23. The fourth-order valence-corrected chi connectivity index (χ4v) is 3.05. The van der Waals surface area contributed by atoms with Gasteiger partial charge in [0.05, 0.1) is 37.3 Å². The maximum Gasteiger partial charge on any atom is 0.132 e. The Morgan fingerprint density at radius 3 is 2.80 bits per heavy atom. The highest BCUT2D eigenvalue weighted by atomic mass is 19.1. The molecule has 1 aliphatic heterocycles. The molecule has 0 amide bonds. The lowest BCUT2D eigenvalue weighted by atomic mass is 10.2. The van der Waals surface area contributed by atoms with E-state index in [-0.39, 0.29) is 5.82 Å². The van der Waals surface area contributed by atoms with Crippen molar-refractivity contribution < 1.29 is 9.13 Å².